The number of hydrogen-bond donors (Lipinski definition) is 2. The van der Waals surface area contributed by atoms with Gasteiger partial charge in [-0.3, -0.25) is 4.90 Å². The molecule has 0 aliphatic carbocycles. The molecule has 0 aromatic carbocycles. The highest BCUT2D eigenvalue weighted by atomic mass is 16.5. The Hall–Kier alpha value is -2.02. The normalized spacial score (nSPS) is 28.2. The number of nitrogens with zero attached hydrogens (tertiary/aromatic N) is 2. The molecule has 7 heteroatoms. The van der Waals surface area contributed by atoms with Gasteiger partial charge in [0, 0.05) is 17.8 Å². The zero-order valence-corrected chi connectivity index (χ0v) is 11.9. The second-order valence-electron chi connectivity index (χ2n) is 5.55. The first kappa shape index (κ1) is 13.9. The number of aromatic nitrogens is 1. The summed E-state index contributed by atoms with van der Waals surface area (Å²) in [5, 5.41) is 9.35. The van der Waals surface area contributed by atoms with E-state index in [1.807, 2.05) is 0 Å². The molecule has 2 saturated heterocycles. The molecule has 7 nitrogen and oxygen atoms in total. The SMILES string of the molecule is COc1cc(N)ncc1C1CC2COCC(C1)N2C(=O)O. The van der Waals surface area contributed by atoms with Crippen molar-refractivity contribution in [3.63, 3.8) is 0 Å². The summed E-state index contributed by atoms with van der Waals surface area (Å²) in [6.07, 6.45) is 2.30. The van der Waals surface area contributed by atoms with Crippen LogP contribution in [0.2, 0.25) is 0 Å². The molecular weight excluding hydrogens is 274 g/mol. The van der Waals surface area contributed by atoms with E-state index in [9.17, 15) is 9.90 Å². The first-order chi connectivity index (χ1) is 10.1. The van der Waals surface area contributed by atoms with E-state index in [0.717, 1.165) is 11.3 Å². The summed E-state index contributed by atoms with van der Waals surface area (Å²) in [4.78, 5) is 17.1. The van der Waals surface area contributed by atoms with Gasteiger partial charge in [0.1, 0.15) is 11.6 Å². The summed E-state index contributed by atoms with van der Waals surface area (Å²) >= 11 is 0. The van der Waals surface area contributed by atoms with E-state index < -0.39 is 6.09 Å². The van der Waals surface area contributed by atoms with Crippen LogP contribution in [0, 0.1) is 0 Å². The average Bonchev–Trinajstić information content (AvgIpc) is 2.45. The van der Waals surface area contributed by atoms with Crippen LogP contribution in [0.15, 0.2) is 12.3 Å². The molecule has 2 bridgehead atoms. The maximum atomic E-state index is 11.4. The maximum absolute atomic E-state index is 11.4. The first-order valence-electron chi connectivity index (χ1n) is 6.98. The molecule has 2 unspecified atom stereocenters. The molecule has 2 aliphatic rings. The summed E-state index contributed by atoms with van der Waals surface area (Å²) in [6, 6.07) is 1.50. The molecule has 1 amide bonds. The van der Waals surface area contributed by atoms with Crippen LogP contribution in [-0.2, 0) is 4.74 Å². The van der Waals surface area contributed by atoms with Gasteiger partial charge in [-0.05, 0) is 18.8 Å². The molecule has 0 saturated carbocycles. The van der Waals surface area contributed by atoms with E-state index in [-0.39, 0.29) is 18.0 Å². The Labute approximate surface area is 122 Å². The van der Waals surface area contributed by atoms with Crippen LogP contribution in [0.4, 0.5) is 10.6 Å². The van der Waals surface area contributed by atoms with E-state index >= 15 is 0 Å². The number of fused-ring (bicyclic) bond motifs is 2. The zero-order chi connectivity index (χ0) is 15.0. The Kier molecular flexibility index (Phi) is 3.59. The van der Waals surface area contributed by atoms with E-state index in [1.54, 1.807) is 19.4 Å². The van der Waals surface area contributed by atoms with Gasteiger partial charge in [-0.15, -0.1) is 0 Å². The molecule has 3 heterocycles. The molecule has 0 spiro atoms. The third-order valence-corrected chi connectivity index (χ3v) is 4.32. The number of methoxy groups -OCH3 is 1. The van der Waals surface area contributed by atoms with E-state index in [4.69, 9.17) is 15.2 Å². The fourth-order valence-corrected chi connectivity index (χ4v) is 3.43. The minimum absolute atomic E-state index is 0.109. The molecule has 2 fully saturated rings. The van der Waals surface area contributed by atoms with Crippen molar-refractivity contribution in [1.29, 1.82) is 0 Å². The zero-order valence-electron chi connectivity index (χ0n) is 11.9. The molecular formula is C14H19N3O4. The Morgan fingerprint density at radius 1 is 1.48 bits per heavy atom. The summed E-state index contributed by atoms with van der Waals surface area (Å²) in [7, 11) is 1.61. The summed E-state index contributed by atoms with van der Waals surface area (Å²) in [5.41, 5.74) is 6.68. The molecule has 2 atom stereocenters. The molecule has 3 rings (SSSR count). The fourth-order valence-electron chi connectivity index (χ4n) is 3.43. The van der Waals surface area contributed by atoms with Gasteiger partial charge in [0.25, 0.3) is 0 Å². The molecule has 0 radical (unpaired) electrons. The second-order valence-corrected chi connectivity index (χ2v) is 5.55. The number of nitrogens with two attached hydrogens (primary N) is 1. The van der Waals surface area contributed by atoms with Crippen LogP contribution in [0.5, 0.6) is 5.75 Å². The predicted molar refractivity (Wildman–Crippen MR) is 75.4 cm³/mol. The number of hydrogen-bond acceptors (Lipinski definition) is 5. The highest BCUT2D eigenvalue weighted by Crippen LogP contribution is 2.40. The number of rotatable bonds is 2. The molecule has 1 aromatic rings. The van der Waals surface area contributed by atoms with Crippen molar-refractivity contribution in [3.8, 4) is 5.75 Å². The van der Waals surface area contributed by atoms with Crippen LogP contribution in [0.3, 0.4) is 0 Å². The highest BCUT2D eigenvalue weighted by molar-refractivity contribution is 5.66. The lowest BCUT2D eigenvalue weighted by atomic mass is 9.81. The lowest BCUT2D eigenvalue weighted by Gasteiger charge is -2.47. The van der Waals surface area contributed by atoms with Crippen molar-refractivity contribution in [2.45, 2.75) is 30.8 Å². The number of anilines is 1. The topological polar surface area (TPSA) is 97.9 Å². The van der Waals surface area contributed by atoms with Gasteiger partial charge in [0.05, 0.1) is 32.4 Å². The smallest absolute Gasteiger partial charge is 0.407 e. The van der Waals surface area contributed by atoms with Crippen LogP contribution >= 0.6 is 0 Å². The molecule has 1 aromatic heterocycles. The highest BCUT2D eigenvalue weighted by Gasteiger charge is 2.42. The maximum Gasteiger partial charge on any atom is 0.407 e. The summed E-state index contributed by atoms with van der Waals surface area (Å²) in [5.74, 6) is 1.35. The number of morpholine rings is 1. The van der Waals surface area contributed by atoms with Gasteiger partial charge in [0.2, 0.25) is 0 Å². The monoisotopic (exact) mass is 293 g/mol. The Balaban J connectivity index is 1.88. The molecule has 2 aliphatic heterocycles. The van der Waals surface area contributed by atoms with Crippen molar-refractivity contribution in [2.24, 2.45) is 0 Å². The predicted octanol–water partition coefficient (Wildman–Crippen LogP) is 1.30. The minimum Gasteiger partial charge on any atom is -0.496 e. The second kappa shape index (κ2) is 5.40. The minimum atomic E-state index is -0.867. The largest absolute Gasteiger partial charge is 0.496 e. The van der Waals surface area contributed by atoms with E-state index in [0.29, 0.717) is 31.9 Å². The van der Waals surface area contributed by atoms with Crippen LogP contribution < -0.4 is 10.5 Å². The number of carboxylic acid groups (broad SMARTS) is 1. The third kappa shape index (κ3) is 2.49. The van der Waals surface area contributed by atoms with Crippen molar-refractivity contribution in [3.05, 3.63) is 17.8 Å². The number of pyridine rings is 1. The van der Waals surface area contributed by atoms with Crippen molar-refractivity contribution in [1.82, 2.24) is 9.88 Å². The Morgan fingerprint density at radius 3 is 2.71 bits per heavy atom. The molecule has 3 N–H and O–H groups in total. The third-order valence-electron chi connectivity index (χ3n) is 4.32. The number of ether oxygens (including phenoxy) is 2. The number of carbonyl (C=O) groups is 1. The lowest BCUT2D eigenvalue weighted by Crippen LogP contribution is -2.58. The summed E-state index contributed by atoms with van der Waals surface area (Å²) in [6.45, 7) is 0.897. The number of nitrogen functional groups attached to an aromatic ring is 1. The van der Waals surface area contributed by atoms with Crippen molar-refractivity contribution < 1.29 is 19.4 Å². The van der Waals surface area contributed by atoms with Gasteiger partial charge < -0.3 is 20.3 Å². The number of piperidine rings is 1. The van der Waals surface area contributed by atoms with Gasteiger partial charge in [-0.2, -0.15) is 0 Å². The van der Waals surface area contributed by atoms with Crippen molar-refractivity contribution >= 4 is 11.9 Å². The van der Waals surface area contributed by atoms with Crippen LogP contribution in [-0.4, -0.2) is 53.5 Å². The van der Waals surface area contributed by atoms with E-state index in [2.05, 4.69) is 4.98 Å². The standard InChI is InChI=1S/C14H19N3O4/c1-20-12-4-13(15)16-5-11(12)8-2-9-6-21-7-10(3-8)17(9)14(18)19/h4-5,8-10H,2-3,6-7H2,1H3,(H2,15,16)(H,18,19). The Morgan fingerprint density at radius 2 is 2.14 bits per heavy atom. The van der Waals surface area contributed by atoms with Gasteiger partial charge in [0.15, 0.2) is 0 Å². The lowest BCUT2D eigenvalue weighted by molar-refractivity contribution is -0.0647. The fraction of sp³-hybridized carbons (Fsp3) is 0.571. The van der Waals surface area contributed by atoms with Crippen LogP contribution in [0.1, 0.15) is 24.3 Å². The first-order valence-corrected chi connectivity index (χ1v) is 6.98. The van der Waals surface area contributed by atoms with Gasteiger partial charge >= 0.3 is 6.09 Å². The van der Waals surface area contributed by atoms with Gasteiger partial charge in [-0.1, -0.05) is 0 Å². The summed E-state index contributed by atoms with van der Waals surface area (Å²) < 4.78 is 10.9. The quantitative estimate of drug-likeness (QED) is 0.853. The Bertz CT molecular complexity index is 537. The van der Waals surface area contributed by atoms with Gasteiger partial charge in [-0.25, -0.2) is 9.78 Å². The molecule has 21 heavy (non-hydrogen) atoms. The average molecular weight is 293 g/mol. The number of amides is 1. The van der Waals surface area contributed by atoms with Crippen molar-refractivity contribution in [2.75, 3.05) is 26.1 Å². The molecule has 114 valence electrons. The van der Waals surface area contributed by atoms with Crippen LogP contribution in [0.25, 0.3) is 0 Å². The van der Waals surface area contributed by atoms with E-state index in [1.165, 1.54) is 4.90 Å².